The van der Waals surface area contributed by atoms with Crippen molar-refractivity contribution >= 4 is 16.3 Å². The van der Waals surface area contributed by atoms with Crippen molar-refractivity contribution in [2.75, 3.05) is 19.6 Å². The first-order valence-corrected chi connectivity index (χ1v) is 8.48. The van der Waals surface area contributed by atoms with E-state index in [-0.39, 0.29) is 11.6 Å². The summed E-state index contributed by atoms with van der Waals surface area (Å²) in [6, 6.07) is 1.82. The second-order valence-electron chi connectivity index (χ2n) is 5.73. The van der Waals surface area contributed by atoms with Gasteiger partial charge < -0.3 is 9.88 Å². The summed E-state index contributed by atoms with van der Waals surface area (Å²) in [6.45, 7) is 3.35. The minimum Gasteiger partial charge on any atom is -0.337 e. The molecule has 1 unspecified atom stereocenters. The number of aryl methyl sites for hydroxylation is 1. The Labute approximate surface area is 137 Å². The highest BCUT2D eigenvalue weighted by atomic mass is 32.1. The van der Waals surface area contributed by atoms with Gasteiger partial charge in [-0.2, -0.15) is 0 Å². The van der Waals surface area contributed by atoms with Gasteiger partial charge >= 0.3 is 0 Å². The molecule has 1 saturated heterocycles. The fourth-order valence-corrected chi connectivity index (χ4v) is 3.80. The fourth-order valence-electron chi connectivity index (χ4n) is 3.07. The Balaban J connectivity index is 1.64. The van der Waals surface area contributed by atoms with Gasteiger partial charge in [0.1, 0.15) is 5.82 Å². The zero-order chi connectivity index (χ0) is 15.8. The fraction of sp³-hybridized carbons (Fsp3) is 0.400. The predicted octanol–water partition coefficient (Wildman–Crippen LogP) is 0.636. The van der Waals surface area contributed by atoms with Crippen LogP contribution >= 0.6 is 11.3 Å². The lowest BCUT2D eigenvalue weighted by Crippen LogP contribution is -2.46. The normalized spacial score (nSPS) is 19.4. The Morgan fingerprint density at radius 1 is 1.43 bits per heavy atom. The first-order valence-electron chi connectivity index (χ1n) is 7.60. The molecule has 1 N–H and O–H groups in total. The third-order valence-electron chi connectivity index (χ3n) is 4.23. The number of hydrogen-bond acceptors (Lipinski definition) is 6. The molecule has 3 aromatic rings. The molecule has 1 aliphatic rings. The van der Waals surface area contributed by atoms with Crippen LogP contribution in [-0.4, -0.2) is 43.5 Å². The number of fused-ring (bicyclic) bond motifs is 1. The van der Waals surface area contributed by atoms with E-state index in [2.05, 4.69) is 24.8 Å². The maximum Gasteiger partial charge on any atom is 0.258 e. The van der Waals surface area contributed by atoms with Crippen LogP contribution in [0, 0.1) is 0 Å². The first-order chi connectivity index (χ1) is 11.2. The third kappa shape index (κ3) is 2.69. The second-order valence-corrected chi connectivity index (χ2v) is 6.60. The smallest absolute Gasteiger partial charge is 0.258 e. The molecule has 1 fully saturated rings. The zero-order valence-electron chi connectivity index (χ0n) is 12.8. The monoisotopic (exact) mass is 330 g/mol. The SMILES string of the molecule is Cn1ccnc1C1CNCCN1Cc1cc(=O)n2ccsc2n1. The molecule has 0 saturated carbocycles. The summed E-state index contributed by atoms with van der Waals surface area (Å²) in [5.41, 5.74) is 0.800. The molecule has 23 heavy (non-hydrogen) atoms. The summed E-state index contributed by atoms with van der Waals surface area (Å²) >= 11 is 1.48. The number of imidazole rings is 1. The molecule has 3 aromatic heterocycles. The number of piperazine rings is 1. The van der Waals surface area contributed by atoms with Crippen LogP contribution in [-0.2, 0) is 13.6 Å². The van der Waals surface area contributed by atoms with Crippen molar-refractivity contribution in [3.8, 4) is 0 Å². The zero-order valence-corrected chi connectivity index (χ0v) is 13.7. The summed E-state index contributed by atoms with van der Waals surface area (Å²) < 4.78 is 3.64. The van der Waals surface area contributed by atoms with Crippen molar-refractivity contribution in [2.24, 2.45) is 7.05 Å². The van der Waals surface area contributed by atoms with Crippen molar-refractivity contribution < 1.29 is 0 Å². The minimum absolute atomic E-state index is 0.0186. The highest BCUT2D eigenvalue weighted by molar-refractivity contribution is 7.15. The van der Waals surface area contributed by atoms with Gasteiger partial charge in [-0.3, -0.25) is 14.1 Å². The Bertz CT molecular complexity index is 881. The molecule has 0 radical (unpaired) electrons. The van der Waals surface area contributed by atoms with Gasteiger partial charge in [0.15, 0.2) is 4.96 Å². The highest BCUT2D eigenvalue weighted by Crippen LogP contribution is 2.22. The van der Waals surface area contributed by atoms with Crippen LogP contribution in [0.25, 0.3) is 4.96 Å². The molecule has 1 atom stereocenters. The van der Waals surface area contributed by atoms with E-state index in [4.69, 9.17) is 0 Å². The lowest BCUT2D eigenvalue weighted by atomic mass is 10.1. The van der Waals surface area contributed by atoms with Gasteiger partial charge in [0.05, 0.1) is 11.7 Å². The van der Waals surface area contributed by atoms with E-state index in [1.807, 2.05) is 24.8 Å². The predicted molar refractivity (Wildman–Crippen MR) is 88.6 cm³/mol. The standard InChI is InChI=1S/C15H18N6OS/c1-19-4-3-17-14(19)12-9-16-2-5-20(12)10-11-8-13(22)21-6-7-23-15(21)18-11/h3-4,6-8,12,16H,2,5,9-10H2,1H3. The molecular weight excluding hydrogens is 312 g/mol. The number of thiazole rings is 1. The number of aromatic nitrogens is 4. The van der Waals surface area contributed by atoms with Crippen LogP contribution in [0.1, 0.15) is 17.6 Å². The van der Waals surface area contributed by atoms with Gasteiger partial charge in [0, 0.05) is 63.3 Å². The first kappa shape index (κ1) is 14.6. The van der Waals surface area contributed by atoms with Crippen LogP contribution in [0.3, 0.4) is 0 Å². The quantitative estimate of drug-likeness (QED) is 0.763. The molecule has 0 amide bonds. The summed E-state index contributed by atoms with van der Waals surface area (Å²) in [7, 11) is 2.01. The third-order valence-corrected chi connectivity index (χ3v) is 4.99. The summed E-state index contributed by atoms with van der Waals surface area (Å²) in [6.07, 6.45) is 5.55. The molecule has 0 spiro atoms. The van der Waals surface area contributed by atoms with Crippen LogP contribution in [0.2, 0.25) is 0 Å². The summed E-state index contributed by atoms with van der Waals surface area (Å²) in [4.78, 5) is 24.3. The molecule has 8 heteroatoms. The molecule has 120 valence electrons. The summed E-state index contributed by atoms with van der Waals surface area (Å²) in [5, 5.41) is 5.31. The molecule has 0 bridgehead atoms. The average Bonchev–Trinajstić information content (AvgIpc) is 3.17. The molecule has 4 rings (SSSR count). The highest BCUT2D eigenvalue weighted by Gasteiger charge is 2.27. The maximum atomic E-state index is 12.1. The van der Waals surface area contributed by atoms with Crippen molar-refractivity contribution in [3.63, 3.8) is 0 Å². The Morgan fingerprint density at radius 3 is 3.17 bits per heavy atom. The van der Waals surface area contributed by atoms with E-state index in [9.17, 15) is 4.79 Å². The van der Waals surface area contributed by atoms with Gasteiger partial charge in [-0.25, -0.2) is 9.97 Å². The molecule has 1 aliphatic heterocycles. The lowest BCUT2D eigenvalue weighted by molar-refractivity contribution is 0.143. The number of nitrogens with zero attached hydrogens (tertiary/aromatic N) is 5. The van der Waals surface area contributed by atoms with Crippen LogP contribution in [0.4, 0.5) is 0 Å². The van der Waals surface area contributed by atoms with E-state index >= 15 is 0 Å². The van der Waals surface area contributed by atoms with Crippen LogP contribution in [0.15, 0.2) is 34.8 Å². The van der Waals surface area contributed by atoms with Gasteiger partial charge in [-0.1, -0.05) is 0 Å². The van der Waals surface area contributed by atoms with E-state index in [1.54, 1.807) is 16.7 Å². The Kier molecular flexibility index (Phi) is 3.72. The van der Waals surface area contributed by atoms with Crippen molar-refractivity contribution in [2.45, 2.75) is 12.6 Å². The van der Waals surface area contributed by atoms with Gasteiger partial charge in [-0.15, -0.1) is 11.3 Å². The van der Waals surface area contributed by atoms with Gasteiger partial charge in [0.25, 0.3) is 5.56 Å². The number of nitrogens with one attached hydrogen (secondary N) is 1. The largest absolute Gasteiger partial charge is 0.337 e. The molecular formula is C15H18N6OS. The van der Waals surface area contributed by atoms with E-state index in [0.29, 0.717) is 6.54 Å². The topological polar surface area (TPSA) is 67.5 Å². The van der Waals surface area contributed by atoms with Crippen LogP contribution < -0.4 is 10.9 Å². The average molecular weight is 330 g/mol. The number of hydrogen-bond donors (Lipinski definition) is 1. The molecule has 7 nitrogen and oxygen atoms in total. The van der Waals surface area contributed by atoms with Crippen molar-refractivity contribution in [1.29, 1.82) is 0 Å². The Hall–Kier alpha value is -2.03. The minimum atomic E-state index is -0.0186. The van der Waals surface area contributed by atoms with E-state index in [0.717, 1.165) is 36.1 Å². The number of rotatable bonds is 3. The molecule has 0 aromatic carbocycles. The van der Waals surface area contributed by atoms with E-state index in [1.165, 1.54) is 11.3 Å². The van der Waals surface area contributed by atoms with Crippen LogP contribution in [0.5, 0.6) is 0 Å². The molecule has 0 aliphatic carbocycles. The van der Waals surface area contributed by atoms with Crippen molar-refractivity contribution in [1.82, 2.24) is 29.2 Å². The summed E-state index contributed by atoms with van der Waals surface area (Å²) in [5.74, 6) is 1.03. The van der Waals surface area contributed by atoms with Gasteiger partial charge in [0.2, 0.25) is 0 Å². The lowest BCUT2D eigenvalue weighted by Gasteiger charge is -2.35. The maximum absolute atomic E-state index is 12.1. The van der Waals surface area contributed by atoms with Crippen molar-refractivity contribution in [3.05, 3.63) is 51.9 Å². The second kappa shape index (κ2) is 5.88. The Morgan fingerprint density at radius 2 is 2.35 bits per heavy atom. The molecule has 4 heterocycles. The van der Waals surface area contributed by atoms with E-state index < -0.39 is 0 Å². The van der Waals surface area contributed by atoms with Gasteiger partial charge in [-0.05, 0) is 0 Å².